The van der Waals surface area contributed by atoms with Crippen LogP contribution in [0, 0.1) is 0 Å². The van der Waals surface area contributed by atoms with Gasteiger partial charge < -0.3 is 11.5 Å². The van der Waals surface area contributed by atoms with E-state index in [4.69, 9.17) is 34.7 Å². The highest BCUT2D eigenvalue weighted by atomic mass is 35.5. The number of benzene rings is 2. The van der Waals surface area contributed by atoms with Gasteiger partial charge in [0, 0.05) is 22.5 Å². The van der Waals surface area contributed by atoms with Gasteiger partial charge in [-0.15, -0.1) is 24.8 Å². The topological polar surface area (TPSA) is 52.0 Å². The third-order valence-corrected chi connectivity index (χ3v) is 2.90. The molecule has 0 saturated heterocycles. The molecular formula is C12H12Cl4N2. The first-order chi connectivity index (χ1) is 7.58. The lowest BCUT2D eigenvalue weighted by molar-refractivity contribution is 1.60. The third-order valence-electron chi connectivity index (χ3n) is 2.28. The van der Waals surface area contributed by atoms with Crippen LogP contribution in [0.4, 0.5) is 11.4 Å². The molecule has 2 nitrogen and oxygen atoms in total. The summed E-state index contributed by atoms with van der Waals surface area (Å²) in [5, 5.41) is 1.15. The van der Waals surface area contributed by atoms with E-state index in [2.05, 4.69) is 0 Å². The zero-order valence-corrected chi connectivity index (χ0v) is 12.3. The summed E-state index contributed by atoms with van der Waals surface area (Å²) in [6.07, 6.45) is 0. The summed E-state index contributed by atoms with van der Waals surface area (Å²) in [5.74, 6) is 0. The quantitative estimate of drug-likeness (QED) is 0.749. The second kappa shape index (κ2) is 6.95. The van der Waals surface area contributed by atoms with Crippen LogP contribution in [0.5, 0.6) is 0 Å². The zero-order valence-electron chi connectivity index (χ0n) is 9.19. The fraction of sp³-hybridized carbons (Fsp3) is 0. The predicted molar refractivity (Wildman–Crippen MR) is 85.2 cm³/mol. The lowest BCUT2D eigenvalue weighted by Crippen LogP contribution is -1.88. The fourth-order valence-electron chi connectivity index (χ4n) is 1.50. The molecule has 2 aromatic rings. The summed E-state index contributed by atoms with van der Waals surface area (Å²) in [4.78, 5) is 0. The van der Waals surface area contributed by atoms with E-state index >= 15 is 0 Å². The first kappa shape index (κ1) is 17.2. The molecule has 0 aromatic heterocycles. The average Bonchev–Trinajstić information content (AvgIpc) is 2.19. The van der Waals surface area contributed by atoms with Crippen molar-refractivity contribution in [1.29, 1.82) is 0 Å². The van der Waals surface area contributed by atoms with Gasteiger partial charge in [-0.2, -0.15) is 0 Å². The SMILES string of the molecule is Cl.Cl.Nc1ccc(-c2ccc(N)cc2Cl)c(Cl)c1. The van der Waals surface area contributed by atoms with Gasteiger partial charge in [-0.3, -0.25) is 0 Å². The maximum absolute atomic E-state index is 6.11. The Morgan fingerprint density at radius 2 is 1.00 bits per heavy atom. The van der Waals surface area contributed by atoms with Gasteiger partial charge in [0.05, 0.1) is 10.0 Å². The number of nitrogen functional groups attached to an aromatic ring is 2. The minimum absolute atomic E-state index is 0. The molecule has 0 aliphatic heterocycles. The summed E-state index contributed by atoms with van der Waals surface area (Å²) in [6, 6.07) is 10.7. The highest BCUT2D eigenvalue weighted by Gasteiger charge is 2.07. The summed E-state index contributed by atoms with van der Waals surface area (Å²) in [7, 11) is 0. The van der Waals surface area contributed by atoms with E-state index in [1.165, 1.54) is 0 Å². The van der Waals surface area contributed by atoms with Crippen LogP contribution in [0.15, 0.2) is 36.4 Å². The number of anilines is 2. The molecule has 4 N–H and O–H groups in total. The number of nitrogens with two attached hydrogens (primary N) is 2. The molecule has 0 aliphatic rings. The molecule has 0 amide bonds. The molecule has 0 spiro atoms. The molecule has 0 heterocycles. The summed E-state index contributed by atoms with van der Waals surface area (Å²) < 4.78 is 0. The first-order valence-corrected chi connectivity index (χ1v) is 5.44. The standard InChI is InChI=1S/C12H10Cl2N2.2ClH/c13-11-5-7(15)1-3-9(11)10-4-2-8(16)6-12(10)14;;/h1-6H,15-16H2;2*1H. The zero-order chi connectivity index (χ0) is 11.7. The Kier molecular flexibility index (Phi) is 6.64. The molecule has 6 heteroatoms. The Morgan fingerprint density at radius 3 is 1.28 bits per heavy atom. The molecule has 0 radical (unpaired) electrons. The summed E-state index contributed by atoms with van der Waals surface area (Å²) >= 11 is 12.2. The van der Waals surface area contributed by atoms with Gasteiger partial charge in [-0.05, 0) is 24.3 Å². The van der Waals surface area contributed by atoms with Gasteiger partial charge in [0.15, 0.2) is 0 Å². The van der Waals surface area contributed by atoms with E-state index in [0.717, 1.165) is 11.1 Å². The Labute approximate surface area is 128 Å². The third kappa shape index (κ3) is 3.59. The van der Waals surface area contributed by atoms with Crippen molar-refractivity contribution in [3.63, 3.8) is 0 Å². The summed E-state index contributed by atoms with van der Waals surface area (Å²) in [5.41, 5.74) is 14.2. The van der Waals surface area contributed by atoms with Crippen molar-refractivity contribution >= 4 is 59.4 Å². The minimum atomic E-state index is 0. The molecule has 0 saturated carbocycles. The van der Waals surface area contributed by atoms with E-state index in [9.17, 15) is 0 Å². The number of hydrogen-bond donors (Lipinski definition) is 2. The van der Waals surface area contributed by atoms with Gasteiger partial charge >= 0.3 is 0 Å². The van der Waals surface area contributed by atoms with Crippen LogP contribution < -0.4 is 11.5 Å². The maximum atomic E-state index is 6.11. The summed E-state index contributed by atoms with van der Waals surface area (Å²) in [6.45, 7) is 0. The van der Waals surface area contributed by atoms with Crippen molar-refractivity contribution in [2.45, 2.75) is 0 Å². The second-order valence-electron chi connectivity index (χ2n) is 3.48. The highest BCUT2D eigenvalue weighted by Crippen LogP contribution is 2.35. The van der Waals surface area contributed by atoms with Crippen LogP contribution in [0.3, 0.4) is 0 Å². The average molecular weight is 326 g/mol. The Hall–Kier alpha value is -0.800. The largest absolute Gasteiger partial charge is 0.399 e. The fourth-order valence-corrected chi connectivity index (χ4v) is 2.08. The molecule has 2 aromatic carbocycles. The van der Waals surface area contributed by atoms with E-state index in [1.807, 2.05) is 12.1 Å². The van der Waals surface area contributed by atoms with Crippen molar-refractivity contribution < 1.29 is 0 Å². The van der Waals surface area contributed by atoms with Gasteiger partial charge in [0.25, 0.3) is 0 Å². The van der Waals surface area contributed by atoms with Crippen molar-refractivity contribution in [1.82, 2.24) is 0 Å². The van der Waals surface area contributed by atoms with Crippen molar-refractivity contribution in [3.8, 4) is 11.1 Å². The molecule has 0 aliphatic carbocycles. The molecule has 0 fully saturated rings. The van der Waals surface area contributed by atoms with E-state index in [-0.39, 0.29) is 24.8 Å². The van der Waals surface area contributed by atoms with Crippen molar-refractivity contribution in [2.24, 2.45) is 0 Å². The van der Waals surface area contributed by atoms with Crippen molar-refractivity contribution in [2.75, 3.05) is 11.5 Å². The monoisotopic (exact) mass is 324 g/mol. The van der Waals surface area contributed by atoms with Crippen LogP contribution >= 0.6 is 48.0 Å². The lowest BCUT2D eigenvalue weighted by Gasteiger charge is -2.08. The normalized spacial score (nSPS) is 9.22. The van der Waals surface area contributed by atoms with Gasteiger partial charge in [-0.25, -0.2) is 0 Å². The van der Waals surface area contributed by atoms with Gasteiger partial charge in [-0.1, -0.05) is 35.3 Å². The molecule has 0 atom stereocenters. The van der Waals surface area contributed by atoms with Crippen LogP contribution in [0.25, 0.3) is 11.1 Å². The Balaban J connectivity index is 0.00000144. The number of halogens is 4. The predicted octanol–water partition coefficient (Wildman–Crippen LogP) is 4.67. The van der Waals surface area contributed by atoms with Gasteiger partial charge in [0.1, 0.15) is 0 Å². The van der Waals surface area contributed by atoms with Crippen LogP contribution in [0.2, 0.25) is 10.0 Å². The molecule has 18 heavy (non-hydrogen) atoms. The Morgan fingerprint density at radius 1 is 0.667 bits per heavy atom. The van der Waals surface area contributed by atoms with Crippen molar-refractivity contribution in [3.05, 3.63) is 46.4 Å². The lowest BCUT2D eigenvalue weighted by atomic mass is 10.0. The van der Waals surface area contributed by atoms with Crippen LogP contribution in [-0.4, -0.2) is 0 Å². The van der Waals surface area contributed by atoms with E-state index < -0.39 is 0 Å². The first-order valence-electron chi connectivity index (χ1n) is 4.68. The van der Waals surface area contributed by atoms with Gasteiger partial charge in [0.2, 0.25) is 0 Å². The number of hydrogen-bond acceptors (Lipinski definition) is 2. The molecule has 0 unspecified atom stereocenters. The Bertz CT molecular complexity index is 494. The molecule has 98 valence electrons. The smallest absolute Gasteiger partial charge is 0.0505 e. The molecular weight excluding hydrogens is 314 g/mol. The maximum Gasteiger partial charge on any atom is 0.0505 e. The van der Waals surface area contributed by atoms with E-state index in [0.29, 0.717) is 21.4 Å². The second-order valence-corrected chi connectivity index (χ2v) is 4.29. The highest BCUT2D eigenvalue weighted by molar-refractivity contribution is 6.36. The molecule has 0 bridgehead atoms. The van der Waals surface area contributed by atoms with E-state index in [1.54, 1.807) is 24.3 Å². The molecule has 2 rings (SSSR count). The number of rotatable bonds is 1. The minimum Gasteiger partial charge on any atom is -0.399 e. The van der Waals surface area contributed by atoms with Crippen LogP contribution in [-0.2, 0) is 0 Å². The van der Waals surface area contributed by atoms with Crippen LogP contribution in [0.1, 0.15) is 0 Å².